The molecule has 0 heterocycles. The van der Waals surface area contributed by atoms with E-state index >= 15 is 0 Å². The highest BCUT2D eigenvalue weighted by atomic mass is 35.5. The van der Waals surface area contributed by atoms with Crippen molar-refractivity contribution in [3.05, 3.63) is 64.9 Å². The van der Waals surface area contributed by atoms with Crippen LogP contribution in [0, 0.1) is 17.1 Å². The van der Waals surface area contributed by atoms with Crippen molar-refractivity contribution in [3.63, 3.8) is 0 Å². The highest BCUT2D eigenvalue weighted by molar-refractivity contribution is 6.33. The summed E-state index contributed by atoms with van der Waals surface area (Å²) < 4.78 is 12.9. The SMILES string of the molecule is N#CC(C(=O)Nc1ccc(F)cc1Cl)c1ccccc1. The minimum atomic E-state index is -0.947. The second-order valence-electron chi connectivity index (χ2n) is 4.09. The molecule has 1 unspecified atom stereocenters. The van der Waals surface area contributed by atoms with E-state index in [2.05, 4.69) is 5.32 Å². The molecule has 20 heavy (non-hydrogen) atoms. The lowest BCUT2D eigenvalue weighted by Gasteiger charge is -2.11. The van der Waals surface area contributed by atoms with Gasteiger partial charge in [-0.25, -0.2) is 4.39 Å². The molecule has 5 heteroatoms. The molecule has 0 bridgehead atoms. The highest BCUT2D eigenvalue weighted by Gasteiger charge is 2.20. The van der Waals surface area contributed by atoms with Crippen LogP contribution in [0.3, 0.4) is 0 Å². The Balaban J connectivity index is 2.21. The number of nitrogens with one attached hydrogen (secondary N) is 1. The predicted molar refractivity (Wildman–Crippen MR) is 74.8 cm³/mol. The van der Waals surface area contributed by atoms with Crippen LogP contribution in [-0.4, -0.2) is 5.91 Å². The normalized spacial score (nSPS) is 11.4. The molecule has 0 aromatic heterocycles. The number of carbonyl (C=O) groups excluding carboxylic acids is 1. The fourth-order valence-corrected chi connectivity index (χ4v) is 1.94. The zero-order chi connectivity index (χ0) is 14.5. The van der Waals surface area contributed by atoms with Gasteiger partial charge in [-0.2, -0.15) is 5.26 Å². The summed E-state index contributed by atoms with van der Waals surface area (Å²) in [5.74, 6) is -1.95. The van der Waals surface area contributed by atoms with Gasteiger partial charge in [0.15, 0.2) is 5.92 Å². The van der Waals surface area contributed by atoms with Crippen molar-refractivity contribution in [2.45, 2.75) is 5.92 Å². The van der Waals surface area contributed by atoms with Crippen LogP contribution in [0.5, 0.6) is 0 Å². The molecular weight excluding hydrogens is 279 g/mol. The van der Waals surface area contributed by atoms with E-state index in [1.165, 1.54) is 12.1 Å². The number of benzene rings is 2. The lowest BCUT2D eigenvalue weighted by molar-refractivity contribution is -0.116. The summed E-state index contributed by atoms with van der Waals surface area (Å²) in [7, 11) is 0. The van der Waals surface area contributed by atoms with E-state index in [0.717, 1.165) is 6.07 Å². The first-order chi connectivity index (χ1) is 9.61. The van der Waals surface area contributed by atoms with Gasteiger partial charge >= 0.3 is 0 Å². The van der Waals surface area contributed by atoms with E-state index in [4.69, 9.17) is 16.9 Å². The van der Waals surface area contributed by atoms with Crippen molar-refractivity contribution in [2.75, 3.05) is 5.32 Å². The molecule has 0 aliphatic rings. The maximum Gasteiger partial charge on any atom is 0.246 e. The second-order valence-corrected chi connectivity index (χ2v) is 4.49. The quantitative estimate of drug-likeness (QED) is 0.935. The summed E-state index contributed by atoms with van der Waals surface area (Å²) in [6, 6.07) is 14.3. The summed E-state index contributed by atoms with van der Waals surface area (Å²) in [5, 5.41) is 11.8. The zero-order valence-corrected chi connectivity index (χ0v) is 11.1. The minimum absolute atomic E-state index is 0.0862. The molecule has 0 aliphatic carbocycles. The lowest BCUT2D eigenvalue weighted by atomic mass is 10.00. The lowest BCUT2D eigenvalue weighted by Crippen LogP contribution is -2.20. The zero-order valence-electron chi connectivity index (χ0n) is 10.3. The van der Waals surface area contributed by atoms with Gasteiger partial charge < -0.3 is 5.32 Å². The third kappa shape index (κ3) is 3.14. The minimum Gasteiger partial charge on any atom is -0.323 e. The van der Waals surface area contributed by atoms with Crippen molar-refractivity contribution in [3.8, 4) is 6.07 Å². The van der Waals surface area contributed by atoms with Gasteiger partial charge in [0.1, 0.15) is 5.82 Å². The van der Waals surface area contributed by atoms with Crippen LogP contribution in [0.25, 0.3) is 0 Å². The first kappa shape index (κ1) is 14.0. The van der Waals surface area contributed by atoms with Crippen LogP contribution in [-0.2, 0) is 4.79 Å². The summed E-state index contributed by atoms with van der Waals surface area (Å²) in [4.78, 5) is 12.1. The van der Waals surface area contributed by atoms with Crippen molar-refractivity contribution in [2.24, 2.45) is 0 Å². The fraction of sp³-hybridized carbons (Fsp3) is 0.0667. The Bertz CT molecular complexity index is 667. The van der Waals surface area contributed by atoms with Crippen molar-refractivity contribution in [1.82, 2.24) is 0 Å². The number of rotatable bonds is 3. The van der Waals surface area contributed by atoms with Crippen LogP contribution >= 0.6 is 11.6 Å². The summed E-state index contributed by atoms with van der Waals surface area (Å²) in [5.41, 5.74) is 0.861. The third-order valence-corrected chi connectivity index (χ3v) is 3.03. The molecule has 0 saturated heterocycles. The van der Waals surface area contributed by atoms with Gasteiger partial charge in [-0.1, -0.05) is 41.9 Å². The van der Waals surface area contributed by atoms with E-state index in [9.17, 15) is 9.18 Å². The molecule has 3 nitrogen and oxygen atoms in total. The van der Waals surface area contributed by atoms with Gasteiger partial charge in [0.2, 0.25) is 5.91 Å². The van der Waals surface area contributed by atoms with Gasteiger partial charge in [-0.05, 0) is 23.8 Å². The maximum absolute atomic E-state index is 12.9. The molecule has 0 saturated carbocycles. The Hall–Kier alpha value is -2.38. The molecule has 0 radical (unpaired) electrons. The molecule has 1 amide bonds. The van der Waals surface area contributed by atoms with Gasteiger partial charge in [-0.15, -0.1) is 0 Å². The highest BCUT2D eigenvalue weighted by Crippen LogP contribution is 2.24. The van der Waals surface area contributed by atoms with Gasteiger partial charge in [0.25, 0.3) is 0 Å². The Morgan fingerprint density at radius 1 is 1.25 bits per heavy atom. The van der Waals surface area contributed by atoms with Gasteiger partial charge in [0, 0.05) is 0 Å². The molecule has 2 aromatic carbocycles. The predicted octanol–water partition coefficient (Wildman–Crippen LogP) is 3.72. The number of nitrogens with zero attached hydrogens (tertiary/aromatic N) is 1. The van der Waals surface area contributed by atoms with Crippen molar-refractivity contribution < 1.29 is 9.18 Å². The number of halogens is 2. The van der Waals surface area contributed by atoms with Crippen LogP contribution in [0.2, 0.25) is 5.02 Å². The Morgan fingerprint density at radius 2 is 1.95 bits per heavy atom. The number of nitriles is 1. The summed E-state index contributed by atoms with van der Waals surface area (Å²) >= 11 is 5.83. The molecule has 0 fully saturated rings. The van der Waals surface area contributed by atoms with Crippen LogP contribution in [0.1, 0.15) is 11.5 Å². The standard InChI is InChI=1S/C15H10ClFN2O/c16-13-8-11(17)6-7-14(13)19-15(20)12(9-18)10-4-2-1-3-5-10/h1-8,12H,(H,19,20). The number of carbonyl (C=O) groups is 1. The van der Waals surface area contributed by atoms with E-state index in [0.29, 0.717) is 5.56 Å². The Labute approximate surface area is 120 Å². The van der Waals surface area contributed by atoms with Crippen molar-refractivity contribution in [1.29, 1.82) is 5.26 Å². The Morgan fingerprint density at radius 3 is 2.55 bits per heavy atom. The summed E-state index contributed by atoms with van der Waals surface area (Å²) in [6.07, 6.45) is 0. The topological polar surface area (TPSA) is 52.9 Å². The van der Waals surface area contributed by atoms with Crippen LogP contribution in [0.4, 0.5) is 10.1 Å². The molecule has 0 aliphatic heterocycles. The molecule has 100 valence electrons. The van der Waals surface area contributed by atoms with E-state index in [1.54, 1.807) is 30.3 Å². The van der Waals surface area contributed by atoms with Gasteiger partial charge in [-0.3, -0.25) is 4.79 Å². The largest absolute Gasteiger partial charge is 0.323 e. The smallest absolute Gasteiger partial charge is 0.246 e. The molecule has 1 atom stereocenters. The molecule has 2 rings (SSSR count). The molecule has 2 aromatic rings. The summed E-state index contributed by atoms with van der Waals surface area (Å²) in [6.45, 7) is 0. The first-order valence-electron chi connectivity index (χ1n) is 5.82. The fourth-order valence-electron chi connectivity index (χ4n) is 1.73. The average Bonchev–Trinajstić information content (AvgIpc) is 2.44. The molecular formula is C15H10ClFN2O. The van der Waals surface area contributed by atoms with E-state index in [-0.39, 0.29) is 10.7 Å². The third-order valence-electron chi connectivity index (χ3n) is 2.71. The monoisotopic (exact) mass is 288 g/mol. The average molecular weight is 289 g/mol. The van der Waals surface area contributed by atoms with Crippen molar-refractivity contribution >= 4 is 23.2 Å². The number of hydrogen-bond donors (Lipinski definition) is 1. The van der Waals surface area contributed by atoms with Gasteiger partial charge in [0.05, 0.1) is 16.8 Å². The second kappa shape index (κ2) is 6.18. The maximum atomic E-state index is 12.9. The van der Waals surface area contributed by atoms with Crippen LogP contribution in [0.15, 0.2) is 48.5 Å². The van der Waals surface area contributed by atoms with Crippen LogP contribution < -0.4 is 5.32 Å². The molecule has 0 spiro atoms. The number of anilines is 1. The molecule has 1 N–H and O–H groups in total. The van der Waals surface area contributed by atoms with E-state index < -0.39 is 17.6 Å². The number of hydrogen-bond acceptors (Lipinski definition) is 2. The first-order valence-corrected chi connectivity index (χ1v) is 6.20. The van der Waals surface area contributed by atoms with E-state index in [1.807, 2.05) is 6.07 Å². The number of amides is 1. The Kier molecular flexibility index (Phi) is 4.34.